The molecule has 3 aromatic rings. The normalized spacial score (nSPS) is 19.3. The maximum absolute atomic E-state index is 13.6. The number of para-hydroxylation sites is 1. The Balaban J connectivity index is 1.53. The number of benzene rings is 2. The molecule has 2 amide bonds. The number of rotatable bonds is 9. The number of H-pyrrole nitrogens is 1. The second-order valence-electron chi connectivity index (χ2n) is 9.90. The van der Waals surface area contributed by atoms with Crippen LogP contribution < -0.4 is 10.6 Å². The van der Waals surface area contributed by atoms with Gasteiger partial charge in [0.05, 0.1) is 7.11 Å². The van der Waals surface area contributed by atoms with Gasteiger partial charge in [-0.05, 0) is 42.0 Å². The molecule has 1 fully saturated rings. The number of amides is 2. The van der Waals surface area contributed by atoms with Gasteiger partial charge in [-0.15, -0.1) is 0 Å². The number of aromatic nitrogens is 1. The van der Waals surface area contributed by atoms with Gasteiger partial charge in [-0.2, -0.15) is 0 Å². The molecular formula is C29H35N3O4. The van der Waals surface area contributed by atoms with Crippen molar-refractivity contribution in [1.82, 2.24) is 15.6 Å². The Morgan fingerprint density at radius 1 is 0.944 bits per heavy atom. The van der Waals surface area contributed by atoms with E-state index in [1.807, 2.05) is 36.5 Å². The van der Waals surface area contributed by atoms with Gasteiger partial charge in [0.1, 0.15) is 12.1 Å². The predicted molar refractivity (Wildman–Crippen MR) is 139 cm³/mol. The number of hydrogen-bond donors (Lipinski definition) is 3. The zero-order valence-corrected chi connectivity index (χ0v) is 21.0. The van der Waals surface area contributed by atoms with Crippen LogP contribution in [0.1, 0.15) is 54.9 Å². The van der Waals surface area contributed by atoms with Crippen molar-refractivity contribution in [3.8, 4) is 0 Å². The van der Waals surface area contributed by atoms with Crippen LogP contribution in [0.15, 0.2) is 60.8 Å². The Bertz CT molecular complexity index is 1180. The molecule has 7 heteroatoms. The summed E-state index contributed by atoms with van der Waals surface area (Å²) < 4.78 is 5.02. The van der Waals surface area contributed by atoms with Gasteiger partial charge in [0.25, 0.3) is 5.91 Å². The zero-order valence-electron chi connectivity index (χ0n) is 21.0. The number of esters is 1. The standard InChI is InChI=1S/C29H35N3O4/c1-19-12-14-20(15-13-19)16-26(29(35)36-2)32-28(34)25(31-27(33)21-8-4-3-5-9-21)17-22-18-30-24-11-7-6-10-23(22)24/h3-11,18-20,25-26,30H,12-17H2,1-2H3,(H,31,33)(H,32,34)/t19?,20?,25-,26+/m0/s1. The monoisotopic (exact) mass is 489 g/mol. The second-order valence-corrected chi connectivity index (χ2v) is 9.90. The molecule has 0 spiro atoms. The Hall–Kier alpha value is -3.61. The molecule has 2 atom stereocenters. The lowest BCUT2D eigenvalue weighted by molar-refractivity contribution is -0.145. The van der Waals surface area contributed by atoms with Gasteiger partial charge >= 0.3 is 5.97 Å². The third kappa shape index (κ3) is 6.33. The molecule has 0 bridgehead atoms. The summed E-state index contributed by atoms with van der Waals surface area (Å²) in [5.74, 6) is -0.143. The van der Waals surface area contributed by atoms with Gasteiger partial charge in [-0.3, -0.25) is 9.59 Å². The summed E-state index contributed by atoms with van der Waals surface area (Å²) in [5.41, 5.74) is 2.34. The fraction of sp³-hybridized carbons (Fsp3) is 0.414. The van der Waals surface area contributed by atoms with Crippen molar-refractivity contribution in [2.75, 3.05) is 7.11 Å². The Labute approximate surface area is 212 Å². The Morgan fingerprint density at radius 2 is 1.64 bits per heavy atom. The van der Waals surface area contributed by atoms with Crippen molar-refractivity contribution in [1.29, 1.82) is 0 Å². The molecule has 0 unspecified atom stereocenters. The van der Waals surface area contributed by atoms with Crippen molar-refractivity contribution in [2.24, 2.45) is 11.8 Å². The fourth-order valence-corrected chi connectivity index (χ4v) is 5.09. The maximum atomic E-state index is 13.6. The topological polar surface area (TPSA) is 100 Å². The molecule has 0 saturated heterocycles. The third-order valence-corrected chi connectivity index (χ3v) is 7.26. The van der Waals surface area contributed by atoms with Crippen LogP contribution in [0.4, 0.5) is 0 Å². The molecule has 1 aromatic heterocycles. The summed E-state index contributed by atoms with van der Waals surface area (Å²) in [6.07, 6.45) is 7.01. The van der Waals surface area contributed by atoms with Gasteiger partial charge in [-0.1, -0.05) is 69.0 Å². The number of carbonyl (C=O) groups is 3. The summed E-state index contributed by atoms with van der Waals surface area (Å²) in [6.45, 7) is 2.25. The molecule has 36 heavy (non-hydrogen) atoms. The summed E-state index contributed by atoms with van der Waals surface area (Å²) in [5, 5.41) is 6.79. The number of ether oxygens (including phenoxy) is 1. The predicted octanol–water partition coefficient (Wildman–Crippen LogP) is 4.38. The van der Waals surface area contributed by atoms with Crippen molar-refractivity contribution in [3.05, 3.63) is 71.9 Å². The first kappa shape index (κ1) is 25.5. The van der Waals surface area contributed by atoms with Crippen molar-refractivity contribution < 1.29 is 19.1 Å². The van der Waals surface area contributed by atoms with Gasteiger partial charge in [0.15, 0.2) is 0 Å². The first-order valence-electron chi connectivity index (χ1n) is 12.7. The minimum atomic E-state index is -0.865. The largest absolute Gasteiger partial charge is 0.467 e. The molecule has 3 N–H and O–H groups in total. The van der Waals surface area contributed by atoms with E-state index in [0.717, 1.165) is 42.1 Å². The van der Waals surface area contributed by atoms with Crippen LogP contribution in [0.25, 0.3) is 10.9 Å². The van der Waals surface area contributed by atoms with E-state index in [2.05, 4.69) is 22.5 Å². The minimum Gasteiger partial charge on any atom is -0.467 e. The van der Waals surface area contributed by atoms with Gasteiger partial charge < -0.3 is 20.4 Å². The van der Waals surface area contributed by atoms with E-state index in [-0.39, 0.29) is 12.3 Å². The SMILES string of the molecule is COC(=O)[C@@H](CC1CCC(C)CC1)NC(=O)[C@H](Cc1c[nH]c2ccccc12)NC(=O)c1ccccc1. The molecule has 190 valence electrons. The van der Waals surface area contributed by atoms with Crippen LogP contribution in [-0.2, 0) is 20.7 Å². The van der Waals surface area contributed by atoms with Crippen LogP contribution >= 0.6 is 0 Å². The minimum absolute atomic E-state index is 0.281. The van der Waals surface area contributed by atoms with Crippen LogP contribution in [0.2, 0.25) is 0 Å². The number of nitrogens with one attached hydrogen (secondary N) is 3. The number of fused-ring (bicyclic) bond motifs is 1. The summed E-state index contributed by atoms with van der Waals surface area (Å²) in [4.78, 5) is 42.4. The number of aromatic amines is 1. The average molecular weight is 490 g/mol. The summed E-state index contributed by atoms with van der Waals surface area (Å²) in [7, 11) is 1.34. The molecular weight excluding hydrogens is 454 g/mol. The number of methoxy groups -OCH3 is 1. The zero-order chi connectivity index (χ0) is 25.5. The van der Waals surface area contributed by atoms with E-state index in [9.17, 15) is 14.4 Å². The highest BCUT2D eigenvalue weighted by Crippen LogP contribution is 2.31. The molecule has 1 aliphatic carbocycles. The lowest BCUT2D eigenvalue weighted by Gasteiger charge is -2.29. The van der Waals surface area contributed by atoms with E-state index in [1.165, 1.54) is 7.11 Å². The van der Waals surface area contributed by atoms with Gasteiger partial charge in [0, 0.05) is 29.1 Å². The average Bonchev–Trinajstić information content (AvgIpc) is 3.31. The molecule has 1 aliphatic rings. The van der Waals surface area contributed by atoms with E-state index < -0.39 is 24.0 Å². The van der Waals surface area contributed by atoms with E-state index in [1.54, 1.807) is 24.3 Å². The van der Waals surface area contributed by atoms with Crippen molar-refractivity contribution in [3.63, 3.8) is 0 Å². The molecule has 4 rings (SSSR count). The number of hydrogen-bond acceptors (Lipinski definition) is 4. The second kappa shape index (κ2) is 11.9. The van der Waals surface area contributed by atoms with E-state index in [0.29, 0.717) is 23.8 Å². The van der Waals surface area contributed by atoms with Crippen LogP contribution in [0.5, 0.6) is 0 Å². The van der Waals surface area contributed by atoms with Crippen molar-refractivity contribution >= 4 is 28.7 Å². The molecule has 1 heterocycles. The van der Waals surface area contributed by atoms with E-state index in [4.69, 9.17) is 4.74 Å². The summed E-state index contributed by atoms with van der Waals surface area (Å²) in [6, 6.07) is 15.0. The summed E-state index contributed by atoms with van der Waals surface area (Å²) >= 11 is 0. The van der Waals surface area contributed by atoms with E-state index >= 15 is 0 Å². The fourth-order valence-electron chi connectivity index (χ4n) is 5.09. The van der Waals surface area contributed by atoms with Crippen LogP contribution in [0.3, 0.4) is 0 Å². The first-order chi connectivity index (χ1) is 17.4. The lowest BCUT2D eigenvalue weighted by atomic mass is 9.80. The van der Waals surface area contributed by atoms with Gasteiger partial charge in [0.2, 0.25) is 5.91 Å². The molecule has 7 nitrogen and oxygen atoms in total. The number of carbonyl (C=O) groups excluding carboxylic acids is 3. The van der Waals surface area contributed by atoms with Crippen molar-refractivity contribution in [2.45, 2.75) is 57.5 Å². The molecule has 0 radical (unpaired) electrons. The Morgan fingerprint density at radius 3 is 2.36 bits per heavy atom. The highest BCUT2D eigenvalue weighted by atomic mass is 16.5. The lowest BCUT2D eigenvalue weighted by Crippen LogP contribution is -2.53. The molecule has 2 aromatic carbocycles. The quantitative estimate of drug-likeness (QED) is 0.388. The van der Waals surface area contributed by atoms with Crippen LogP contribution in [-0.4, -0.2) is 42.0 Å². The maximum Gasteiger partial charge on any atom is 0.328 e. The molecule has 1 saturated carbocycles. The van der Waals surface area contributed by atoms with Gasteiger partial charge in [-0.25, -0.2) is 4.79 Å². The van der Waals surface area contributed by atoms with Crippen LogP contribution in [0, 0.1) is 11.8 Å². The molecule has 0 aliphatic heterocycles. The first-order valence-corrected chi connectivity index (χ1v) is 12.7. The highest BCUT2D eigenvalue weighted by molar-refractivity contribution is 5.98. The highest BCUT2D eigenvalue weighted by Gasteiger charge is 2.31. The Kier molecular flexibility index (Phi) is 8.41. The third-order valence-electron chi connectivity index (χ3n) is 7.26. The smallest absolute Gasteiger partial charge is 0.328 e.